The first-order valence-corrected chi connectivity index (χ1v) is 7.04. The molecule has 0 spiro atoms. The van der Waals surface area contributed by atoms with Crippen LogP contribution in [-0.2, 0) is 6.54 Å². The molecule has 0 atom stereocenters. The molecule has 1 aromatic heterocycles. The average molecular weight is 362 g/mol. The molecule has 0 saturated carbocycles. The average Bonchev–Trinajstić information content (AvgIpc) is 2.36. The second kappa shape index (κ2) is 5.57. The fourth-order valence-electron chi connectivity index (χ4n) is 1.69. The van der Waals surface area contributed by atoms with Gasteiger partial charge in [0.2, 0.25) is 0 Å². The van der Waals surface area contributed by atoms with Gasteiger partial charge in [-0.1, -0.05) is 29.3 Å². The van der Waals surface area contributed by atoms with Crippen LogP contribution in [0, 0.1) is 6.92 Å². The lowest BCUT2D eigenvalue weighted by molar-refractivity contribution is 0.755. The van der Waals surface area contributed by atoms with Gasteiger partial charge in [-0.05, 0) is 46.1 Å². The van der Waals surface area contributed by atoms with Gasteiger partial charge in [0, 0.05) is 16.2 Å². The van der Waals surface area contributed by atoms with Crippen LogP contribution >= 0.6 is 39.1 Å². The van der Waals surface area contributed by atoms with Crippen molar-refractivity contribution in [2.45, 2.75) is 13.5 Å². The van der Waals surface area contributed by atoms with Gasteiger partial charge in [0.15, 0.2) is 0 Å². The highest BCUT2D eigenvalue weighted by molar-refractivity contribution is 9.10. The smallest absolute Gasteiger partial charge is 0.265 e. The molecule has 0 amide bonds. The van der Waals surface area contributed by atoms with E-state index in [1.54, 1.807) is 31.3 Å². The number of nitrogens with zero attached hydrogens (tertiary/aromatic N) is 1. The van der Waals surface area contributed by atoms with Crippen LogP contribution in [0.15, 0.2) is 33.7 Å². The number of nitrogens with two attached hydrogens (primary N) is 1. The van der Waals surface area contributed by atoms with E-state index in [0.717, 1.165) is 11.1 Å². The Kier molecular flexibility index (Phi) is 4.23. The van der Waals surface area contributed by atoms with Gasteiger partial charge in [0.1, 0.15) is 0 Å². The van der Waals surface area contributed by atoms with E-state index in [1.807, 2.05) is 0 Å². The number of aromatic nitrogens is 1. The zero-order valence-corrected chi connectivity index (χ0v) is 13.2. The second-order valence-corrected chi connectivity index (χ2v) is 5.83. The van der Waals surface area contributed by atoms with Gasteiger partial charge >= 0.3 is 0 Å². The lowest BCUT2D eigenvalue weighted by atomic mass is 10.2. The summed E-state index contributed by atoms with van der Waals surface area (Å²) in [7, 11) is 0. The van der Waals surface area contributed by atoms with E-state index in [2.05, 4.69) is 15.9 Å². The highest BCUT2D eigenvalue weighted by Crippen LogP contribution is 2.23. The Morgan fingerprint density at radius 1 is 1.37 bits per heavy atom. The van der Waals surface area contributed by atoms with Crippen molar-refractivity contribution in [3.63, 3.8) is 0 Å². The molecule has 1 aromatic carbocycles. The van der Waals surface area contributed by atoms with Crippen LogP contribution in [0.1, 0.15) is 11.1 Å². The molecule has 0 unspecified atom stereocenters. The predicted octanol–water partition coefficient (Wildman–Crippen LogP) is 3.86. The zero-order chi connectivity index (χ0) is 14.2. The first-order chi connectivity index (χ1) is 8.90. The normalized spacial score (nSPS) is 10.7. The molecule has 0 aliphatic carbocycles. The number of nitrogen functional groups attached to an aromatic ring is 1. The van der Waals surface area contributed by atoms with Crippen molar-refractivity contribution in [3.8, 4) is 0 Å². The molecule has 1 heterocycles. The minimum atomic E-state index is -0.141. The molecule has 3 nitrogen and oxygen atoms in total. The topological polar surface area (TPSA) is 48.0 Å². The Balaban J connectivity index is 2.47. The molecule has 6 heteroatoms. The summed E-state index contributed by atoms with van der Waals surface area (Å²) in [5.74, 6) is 0. The van der Waals surface area contributed by atoms with Crippen molar-refractivity contribution >= 4 is 44.8 Å². The molecule has 0 aliphatic rings. The number of hydrogen-bond acceptors (Lipinski definition) is 2. The van der Waals surface area contributed by atoms with Crippen LogP contribution in [0.3, 0.4) is 0 Å². The molecular weight excluding hydrogens is 351 g/mol. The molecule has 0 radical (unpaired) electrons. The van der Waals surface area contributed by atoms with Crippen LogP contribution in [-0.4, -0.2) is 4.57 Å². The summed E-state index contributed by atoms with van der Waals surface area (Å²) in [4.78, 5) is 12.1. The standard InChI is InChI=1S/C13H11BrCl2N2O/c1-7-11(17)6-18(13(19)12(7)14)5-8-2-3-9(15)4-10(8)16/h2-4,6H,5,17H2,1H3. The Morgan fingerprint density at radius 3 is 2.68 bits per heavy atom. The van der Waals surface area contributed by atoms with Gasteiger partial charge in [-0.15, -0.1) is 0 Å². The molecule has 2 N–H and O–H groups in total. The SMILES string of the molecule is Cc1c(N)cn(Cc2ccc(Cl)cc2Cl)c(=O)c1Br. The van der Waals surface area contributed by atoms with Crippen molar-refractivity contribution < 1.29 is 0 Å². The van der Waals surface area contributed by atoms with Crippen molar-refractivity contribution in [1.29, 1.82) is 0 Å². The van der Waals surface area contributed by atoms with Crippen molar-refractivity contribution in [2.24, 2.45) is 0 Å². The van der Waals surface area contributed by atoms with E-state index in [9.17, 15) is 4.79 Å². The van der Waals surface area contributed by atoms with Crippen molar-refractivity contribution in [2.75, 3.05) is 5.73 Å². The third kappa shape index (κ3) is 2.96. The van der Waals surface area contributed by atoms with Gasteiger partial charge in [-0.2, -0.15) is 0 Å². The maximum absolute atomic E-state index is 12.1. The predicted molar refractivity (Wildman–Crippen MR) is 83.1 cm³/mol. The third-order valence-electron chi connectivity index (χ3n) is 2.86. The van der Waals surface area contributed by atoms with Gasteiger partial charge < -0.3 is 10.3 Å². The number of rotatable bonds is 2. The molecule has 0 aliphatic heterocycles. The number of benzene rings is 1. The van der Waals surface area contributed by atoms with Crippen LogP contribution in [0.4, 0.5) is 5.69 Å². The number of anilines is 1. The Labute approximate surface area is 129 Å². The van der Waals surface area contributed by atoms with Crippen molar-refractivity contribution in [1.82, 2.24) is 4.57 Å². The molecule has 2 rings (SSSR count). The summed E-state index contributed by atoms with van der Waals surface area (Å²) < 4.78 is 1.99. The van der Waals surface area contributed by atoms with Gasteiger partial charge in [-0.3, -0.25) is 4.79 Å². The number of halogens is 3. The Morgan fingerprint density at radius 2 is 2.05 bits per heavy atom. The van der Waals surface area contributed by atoms with E-state index in [-0.39, 0.29) is 5.56 Å². The number of hydrogen-bond donors (Lipinski definition) is 1. The highest BCUT2D eigenvalue weighted by Gasteiger charge is 2.10. The quantitative estimate of drug-likeness (QED) is 0.882. The van der Waals surface area contributed by atoms with E-state index in [1.165, 1.54) is 4.57 Å². The van der Waals surface area contributed by atoms with Gasteiger partial charge in [-0.25, -0.2) is 0 Å². The monoisotopic (exact) mass is 360 g/mol. The maximum atomic E-state index is 12.1. The minimum Gasteiger partial charge on any atom is -0.397 e. The van der Waals surface area contributed by atoms with Crippen LogP contribution in [0.5, 0.6) is 0 Å². The number of pyridine rings is 1. The minimum absolute atomic E-state index is 0.141. The highest BCUT2D eigenvalue weighted by atomic mass is 79.9. The van der Waals surface area contributed by atoms with E-state index in [0.29, 0.717) is 26.8 Å². The Hall–Kier alpha value is -0.970. The summed E-state index contributed by atoms with van der Waals surface area (Å²) in [5, 5.41) is 1.08. The van der Waals surface area contributed by atoms with Crippen LogP contribution in [0.2, 0.25) is 10.0 Å². The second-order valence-electron chi connectivity index (χ2n) is 4.19. The van der Waals surface area contributed by atoms with Crippen LogP contribution in [0.25, 0.3) is 0 Å². The van der Waals surface area contributed by atoms with Gasteiger partial charge in [0.05, 0.1) is 16.7 Å². The molecular formula is C13H11BrCl2N2O. The first kappa shape index (κ1) is 14.4. The fraction of sp³-hybridized carbons (Fsp3) is 0.154. The summed E-state index contributed by atoms with van der Waals surface area (Å²) in [6, 6.07) is 5.18. The molecule has 0 fully saturated rings. The molecule has 19 heavy (non-hydrogen) atoms. The van der Waals surface area contributed by atoms with E-state index >= 15 is 0 Å². The van der Waals surface area contributed by atoms with E-state index in [4.69, 9.17) is 28.9 Å². The summed E-state index contributed by atoms with van der Waals surface area (Å²) in [5.41, 5.74) is 7.82. The third-order valence-corrected chi connectivity index (χ3v) is 4.38. The summed E-state index contributed by atoms with van der Waals surface area (Å²) in [6.07, 6.45) is 1.62. The fourth-order valence-corrected chi connectivity index (χ4v) is 2.61. The molecule has 100 valence electrons. The summed E-state index contributed by atoms with van der Waals surface area (Å²) in [6.45, 7) is 2.14. The maximum Gasteiger partial charge on any atom is 0.265 e. The zero-order valence-electron chi connectivity index (χ0n) is 10.1. The first-order valence-electron chi connectivity index (χ1n) is 5.49. The van der Waals surface area contributed by atoms with Crippen LogP contribution < -0.4 is 11.3 Å². The largest absolute Gasteiger partial charge is 0.397 e. The van der Waals surface area contributed by atoms with Crippen molar-refractivity contribution in [3.05, 3.63) is 60.4 Å². The lowest BCUT2D eigenvalue weighted by Gasteiger charge is -2.11. The van der Waals surface area contributed by atoms with E-state index < -0.39 is 0 Å². The molecule has 0 bridgehead atoms. The summed E-state index contributed by atoms with van der Waals surface area (Å²) >= 11 is 15.2. The Bertz CT molecular complexity index is 698. The lowest BCUT2D eigenvalue weighted by Crippen LogP contribution is -2.22. The molecule has 2 aromatic rings. The van der Waals surface area contributed by atoms with Gasteiger partial charge in [0.25, 0.3) is 5.56 Å². The molecule has 0 saturated heterocycles.